The van der Waals surface area contributed by atoms with E-state index in [1.165, 1.54) is 0 Å². The second-order valence-electron chi connectivity index (χ2n) is 5.96. The first-order valence-corrected chi connectivity index (χ1v) is 7.06. The number of nitrogens with one attached hydrogen (secondary N) is 1. The summed E-state index contributed by atoms with van der Waals surface area (Å²) in [6.45, 7) is 8.17. The van der Waals surface area contributed by atoms with Gasteiger partial charge in [-0.3, -0.25) is 9.59 Å². The number of benzene rings is 1. The summed E-state index contributed by atoms with van der Waals surface area (Å²) in [5.74, 6) is 0.269. The van der Waals surface area contributed by atoms with Crippen LogP contribution >= 0.6 is 0 Å². The van der Waals surface area contributed by atoms with E-state index < -0.39 is 6.04 Å². The van der Waals surface area contributed by atoms with Crippen molar-refractivity contribution in [3.05, 3.63) is 29.3 Å². The molecule has 1 atom stereocenters. The molecule has 0 bridgehead atoms. The van der Waals surface area contributed by atoms with Gasteiger partial charge in [0.25, 0.3) is 0 Å². The maximum absolute atomic E-state index is 12.6. The predicted octanol–water partition coefficient (Wildman–Crippen LogP) is 2.18. The Labute approximate surface area is 120 Å². The topological polar surface area (TPSA) is 49.4 Å². The fourth-order valence-corrected chi connectivity index (χ4v) is 2.56. The lowest BCUT2D eigenvalue weighted by Gasteiger charge is -2.34. The quantitative estimate of drug-likeness (QED) is 0.918. The van der Waals surface area contributed by atoms with Gasteiger partial charge < -0.3 is 10.2 Å². The van der Waals surface area contributed by atoms with Crippen molar-refractivity contribution >= 4 is 17.5 Å². The highest BCUT2D eigenvalue weighted by Crippen LogP contribution is 2.24. The Morgan fingerprint density at radius 3 is 2.65 bits per heavy atom. The molecular formula is C16H22N2O2. The molecule has 0 spiro atoms. The van der Waals surface area contributed by atoms with Crippen molar-refractivity contribution in [2.45, 2.75) is 40.2 Å². The molecule has 1 aromatic rings. The molecule has 4 nitrogen and oxygen atoms in total. The molecule has 0 aliphatic carbocycles. The van der Waals surface area contributed by atoms with Crippen molar-refractivity contribution in [1.29, 1.82) is 0 Å². The van der Waals surface area contributed by atoms with Gasteiger partial charge in [0.1, 0.15) is 12.6 Å². The molecule has 0 aromatic heterocycles. The largest absolute Gasteiger partial charge is 0.343 e. The number of rotatable bonds is 3. The molecule has 1 fully saturated rings. The highest BCUT2D eigenvalue weighted by molar-refractivity contribution is 6.06. The first-order chi connectivity index (χ1) is 9.38. The van der Waals surface area contributed by atoms with E-state index in [-0.39, 0.29) is 18.4 Å². The molecule has 20 heavy (non-hydrogen) atoms. The van der Waals surface area contributed by atoms with E-state index in [9.17, 15) is 9.59 Å². The molecule has 1 unspecified atom stereocenters. The molecule has 1 heterocycles. The van der Waals surface area contributed by atoms with E-state index in [0.717, 1.165) is 16.8 Å². The van der Waals surface area contributed by atoms with Gasteiger partial charge in [-0.15, -0.1) is 0 Å². The fourth-order valence-electron chi connectivity index (χ4n) is 2.56. The number of amides is 2. The van der Waals surface area contributed by atoms with Gasteiger partial charge >= 0.3 is 0 Å². The summed E-state index contributed by atoms with van der Waals surface area (Å²) in [4.78, 5) is 26.1. The van der Waals surface area contributed by atoms with Gasteiger partial charge in [-0.2, -0.15) is 0 Å². The van der Waals surface area contributed by atoms with E-state index in [4.69, 9.17) is 0 Å². The average Bonchev–Trinajstić information content (AvgIpc) is 2.36. The van der Waals surface area contributed by atoms with Gasteiger partial charge in [0, 0.05) is 5.69 Å². The summed E-state index contributed by atoms with van der Waals surface area (Å²) in [6, 6.07) is 5.57. The van der Waals surface area contributed by atoms with Crippen LogP contribution in [0.2, 0.25) is 0 Å². The maximum Gasteiger partial charge on any atom is 0.250 e. The number of anilines is 1. The Balaban J connectivity index is 2.32. The predicted molar refractivity (Wildman–Crippen MR) is 79.7 cm³/mol. The van der Waals surface area contributed by atoms with Crippen LogP contribution in [0.4, 0.5) is 5.69 Å². The molecule has 0 radical (unpaired) electrons. The number of piperazine rings is 1. The SMILES string of the molecule is Cc1ccc(C)c(N2CC(=O)NC(CC(C)C)C2=O)c1. The molecule has 1 aromatic carbocycles. The third kappa shape index (κ3) is 3.00. The highest BCUT2D eigenvalue weighted by Gasteiger charge is 2.34. The van der Waals surface area contributed by atoms with Crippen LogP contribution in [0.3, 0.4) is 0 Å². The lowest BCUT2D eigenvalue weighted by Crippen LogP contribution is -2.58. The second-order valence-corrected chi connectivity index (χ2v) is 5.96. The van der Waals surface area contributed by atoms with Gasteiger partial charge in [-0.25, -0.2) is 0 Å². The van der Waals surface area contributed by atoms with Crippen LogP contribution in [-0.4, -0.2) is 24.4 Å². The molecule has 1 N–H and O–H groups in total. The monoisotopic (exact) mass is 274 g/mol. The minimum atomic E-state index is -0.406. The van der Waals surface area contributed by atoms with Gasteiger partial charge in [-0.05, 0) is 43.4 Å². The smallest absolute Gasteiger partial charge is 0.250 e. The standard InChI is InChI=1S/C16H22N2O2/c1-10(2)7-13-16(20)18(9-15(19)17-13)14-8-11(3)5-6-12(14)4/h5-6,8,10,13H,7,9H2,1-4H3,(H,17,19). The number of carbonyl (C=O) groups is 2. The van der Waals surface area contributed by atoms with Crippen LogP contribution in [0.25, 0.3) is 0 Å². The molecule has 1 saturated heterocycles. The lowest BCUT2D eigenvalue weighted by atomic mass is 9.99. The first kappa shape index (κ1) is 14.6. The lowest BCUT2D eigenvalue weighted by molar-refractivity contribution is -0.131. The van der Waals surface area contributed by atoms with Crippen LogP contribution in [0.5, 0.6) is 0 Å². The van der Waals surface area contributed by atoms with Crippen molar-refractivity contribution in [1.82, 2.24) is 5.32 Å². The van der Waals surface area contributed by atoms with E-state index >= 15 is 0 Å². The van der Waals surface area contributed by atoms with Crippen LogP contribution in [0.15, 0.2) is 18.2 Å². The summed E-state index contributed by atoms with van der Waals surface area (Å²) in [7, 11) is 0. The van der Waals surface area contributed by atoms with E-state index in [1.807, 2.05) is 32.0 Å². The third-order valence-corrected chi connectivity index (χ3v) is 3.56. The molecule has 108 valence electrons. The van der Waals surface area contributed by atoms with Crippen molar-refractivity contribution < 1.29 is 9.59 Å². The summed E-state index contributed by atoms with van der Waals surface area (Å²) in [5.41, 5.74) is 2.95. The van der Waals surface area contributed by atoms with Gasteiger partial charge in [0.2, 0.25) is 11.8 Å². The fraction of sp³-hybridized carbons (Fsp3) is 0.500. The van der Waals surface area contributed by atoms with Crippen molar-refractivity contribution in [3.8, 4) is 0 Å². The number of nitrogens with zero attached hydrogens (tertiary/aromatic N) is 1. The van der Waals surface area contributed by atoms with Crippen molar-refractivity contribution in [3.63, 3.8) is 0 Å². The number of aryl methyl sites for hydroxylation is 2. The molecule has 4 heteroatoms. The third-order valence-electron chi connectivity index (χ3n) is 3.56. The summed E-state index contributed by atoms with van der Waals surface area (Å²) in [6.07, 6.45) is 0.673. The zero-order chi connectivity index (χ0) is 14.9. The van der Waals surface area contributed by atoms with Crippen LogP contribution in [-0.2, 0) is 9.59 Å². The molecule has 2 rings (SSSR count). The highest BCUT2D eigenvalue weighted by atomic mass is 16.2. The Kier molecular flexibility index (Phi) is 4.12. The Bertz CT molecular complexity index is 537. The van der Waals surface area contributed by atoms with Crippen LogP contribution in [0.1, 0.15) is 31.4 Å². The van der Waals surface area contributed by atoms with E-state index in [1.54, 1.807) is 4.90 Å². The van der Waals surface area contributed by atoms with E-state index in [2.05, 4.69) is 19.2 Å². The Hall–Kier alpha value is -1.84. The number of carbonyl (C=O) groups excluding carboxylic acids is 2. The first-order valence-electron chi connectivity index (χ1n) is 7.06. The average molecular weight is 274 g/mol. The van der Waals surface area contributed by atoms with Gasteiger partial charge in [0.15, 0.2) is 0 Å². The summed E-state index contributed by atoms with van der Waals surface area (Å²) < 4.78 is 0. The normalized spacial score (nSPS) is 19.4. The van der Waals surface area contributed by atoms with Gasteiger partial charge in [-0.1, -0.05) is 26.0 Å². The molecule has 1 aliphatic rings. The molecular weight excluding hydrogens is 252 g/mol. The van der Waals surface area contributed by atoms with Crippen LogP contribution < -0.4 is 10.2 Å². The van der Waals surface area contributed by atoms with Crippen LogP contribution in [0, 0.1) is 19.8 Å². The summed E-state index contributed by atoms with van der Waals surface area (Å²) >= 11 is 0. The van der Waals surface area contributed by atoms with Crippen molar-refractivity contribution in [2.24, 2.45) is 5.92 Å². The second kappa shape index (κ2) is 5.65. The Morgan fingerprint density at radius 2 is 2.00 bits per heavy atom. The molecule has 1 aliphatic heterocycles. The number of hydrogen-bond acceptors (Lipinski definition) is 2. The molecule has 2 amide bonds. The van der Waals surface area contributed by atoms with E-state index in [0.29, 0.717) is 12.3 Å². The minimum Gasteiger partial charge on any atom is -0.343 e. The summed E-state index contributed by atoms with van der Waals surface area (Å²) in [5, 5.41) is 2.80. The van der Waals surface area contributed by atoms with Crippen molar-refractivity contribution in [2.75, 3.05) is 11.4 Å². The minimum absolute atomic E-state index is 0.00741. The van der Waals surface area contributed by atoms with Gasteiger partial charge in [0.05, 0.1) is 0 Å². The Morgan fingerprint density at radius 1 is 1.30 bits per heavy atom. The zero-order valence-corrected chi connectivity index (χ0v) is 12.6. The number of hydrogen-bond donors (Lipinski definition) is 1. The zero-order valence-electron chi connectivity index (χ0n) is 12.6. The maximum atomic E-state index is 12.6. The molecule has 0 saturated carbocycles.